The lowest BCUT2D eigenvalue weighted by Crippen LogP contribution is -2.53. The van der Waals surface area contributed by atoms with Crippen molar-refractivity contribution in [2.45, 2.75) is 96.7 Å². The molecule has 3 saturated carbocycles. The van der Waals surface area contributed by atoms with Crippen LogP contribution in [0.2, 0.25) is 0 Å². The van der Waals surface area contributed by atoms with Crippen LogP contribution in [0, 0.1) is 40.4 Å². The lowest BCUT2D eigenvalue weighted by atomic mass is 9.49. The van der Waals surface area contributed by atoms with E-state index in [-0.39, 0.29) is 22.7 Å². The Morgan fingerprint density at radius 2 is 1.81 bits per heavy atom. The van der Waals surface area contributed by atoms with Crippen LogP contribution >= 0.6 is 0 Å². The number of aliphatic hydroxyl groups excluding tert-OH is 2. The Labute approximate surface area is 187 Å². The number of hydrogen-bond donors (Lipinski definition) is 2. The molecular weight excluding hydrogens is 388 g/mol. The maximum absolute atomic E-state index is 11.1. The van der Waals surface area contributed by atoms with Crippen molar-refractivity contribution in [1.82, 2.24) is 0 Å². The van der Waals surface area contributed by atoms with Gasteiger partial charge in [-0.05, 0) is 61.2 Å². The topological polar surface area (TPSA) is 58.9 Å². The van der Waals surface area contributed by atoms with Gasteiger partial charge in [0.15, 0.2) is 5.79 Å². The molecule has 0 aromatic rings. The van der Waals surface area contributed by atoms with Crippen LogP contribution in [0.1, 0.15) is 72.6 Å². The molecule has 0 amide bonds. The van der Waals surface area contributed by atoms with Crippen molar-refractivity contribution in [2.24, 2.45) is 40.4 Å². The molecule has 2 N–H and O–H groups in total. The summed E-state index contributed by atoms with van der Waals surface area (Å²) >= 11 is 0. The number of fused-ring (bicyclic) bond motifs is 7. The molecule has 0 radical (unpaired) electrons. The lowest BCUT2D eigenvalue weighted by molar-refractivity contribution is -0.271. The Bertz CT molecular complexity index is 823. The van der Waals surface area contributed by atoms with Crippen LogP contribution in [-0.4, -0.2) is 40.9 Å². The Hall–Kier alpha value is -0.680. The van der Waals surface area contributed by atoms with Crippen molar-refractivity contribution in [1.29, 1.82) is 0 Å². The van der Waals surface area contributed by atoms with Gasteiger partial charge in [-0.15, -0.1) is 0 Å². The molecule has 5 fully saturated rings. The van der Waals surface area contributed by atoms with Crippen molar-refractivity contribution in [3.63, 3.8) is 0 Å². The second-order valence-electron chi connectivity index (χ2n) is 12.4. The highest BCUT2D eigenvalue weighted by Gasteiger charge is 2.68. The maximum Gasteiger partial charge on any atom is 0.171 e. The monoisotopic (exact) mass is 428 g/mol. The van der Waals surface area contributed by atoms with Crippen LogP contribution in [0.25, 0.3) is 0 Å². The molecule has 4 aliphatic carbocycles. The summed E-state index contributed by atoms with van der Waals surface area (Å²) in [6.07, 6.45) is 10.9. The average molecular weight is 429 g/mol. The molecule has 172 valence electrons. The Balaban J connectivity index is 1.33. The first kappa shape index (κ1) is 20.9. The van der Waals surface area contributed by atoms with Gasteiger partial charge in [0, 0.05) is 24.2 Å². The molecule has 2 aliphatic heterocycles. The van der Waals surface area contributed by atoms with Crippen molar-refractivity contribution in [3.8, 4) is 0 Å². The van der Waals surface area contributed by atoms with Gasteiger partial charge >= 0.3 is 0 Å². The molecule has 6 aliphatic rings. The first-order chi connectivity index (χ1) is 14.7. The summed E-state index contributed by atoms with van der Waals surface area (Å²) < 4.78 is 13.3. The van der Waals surface area contributed by atoms with E-state index < -0.39 is 12.2 Å². The van der Waals surface area contributed by atoms with E-state index >= 15 is 0 Å². The van der Waals surface area contributed by atoms with E-state index in [4.69, 9.17) is 9.47 Å². The van der Waals surface area contributed by atoms with E-state index in [1.54, 1.807) is 5.57 Å². The third-order valence-corrected chi connectivity index (χ3v) is 10.9. The average Bonchev–Trinajstić information content (AvgIpc) is 3.16. The first-order valence-electron chi connectivity index (χ1n) is 12.8. The third-order valence-electron chi connectivity index (χ3n) is 10.9. The predicted molar refractivity (Wildman–Crippen MR) is 119 cm³/mol. The quantitative estimate of drug-likeness (QED) is 0.592. The van der Waals surface area contributed by atoms with Crippen molar-refractivity contribution in [3.05, 3.63) is 23.3 Å². The van der Waals surface area contributed by atoms with Gasteiger partial charge in [0.25, 0.3) is 0 Å². The number of allylic oxidation sites excluding steroid dienone is 3. The van der Waals surface area contributed by atoms with Gasteiger partial charge in [-0.25, -0.2) is 0 Å². The predicted octanol–water partition coefficient (Wildman–Crippen LogP) is 4.60. The van der Waals surface area contributed by atoms with Gasteiger partial charge in [0.05, 0.1) is 24.9 Å². The van der Waals surface area contributed by atoms with Gasteiger partial charge in [-0.1, -0.05) is 51.0 Å². The zero-order chi connectivity index (χ0) is 21.8. The fourth-order valence-corrected chi connectivity index (χ4v) is 9.07. The second-order valence-corrected chi connectivity index (χ2v) is 12.4. The molecule has 0 aromatic heterocycles. The van der Waals surface area contributed by atoms with E-state index in [0.717, 1.165) is 25.9 Å². The summed E-state index contributed by atoms with van der Waals surface area (Å²) in [7, 11) is 0. The minimum absolute atomic E-state index is 0.224. The fourth-order valence-electron chi connectivity index (χ4n) is 9.07. The summed E-state index contributed by atoms with van der Waals surface area (Å²) in [5.74, 6) is 2.17. The van der Waals surface area contributed by atoms with E-state index in [9.17, 15) is 10.2 Å². The fraction of sp³-hybridized carbons (Fsp3) is 0.852. The number of aliphatic hydroxyl groups is 2. The Morgan fingerprint density at radius 1 is 1.00 bits per heavy atom. The molecule has 31 heavy (non-hydrogen) atoms. The SMILES string of the molecule is C[C@@H]1CC[C@@]2(OC1)O[C@H]1C[C@H]3C4=CC=C5C[C@H](O)C[C@H](O)[C@]5(C)[C@H]4CC[C@]3(C)[C@H]1[C@@H]2C. The van der Waals surface area contributed by atoms with Crippen molar-refractivity contribution >= 4 is 0 Å². The normalized spacial score (nSPS) is 58.1. The van der Waals surface area contributed by atoms with Crippen LogP contribution < -0.4 is 0 Å². The number of ether oxygens (including phenoxy) is 2. The third kappa shape index (κ3) is 2.62. The van der Waals surface area contributed by atoms with Gasteiger partial charge in [0.1, 0.15) is 0 Å². The van der Waals surface area contributed by atoms with Crippen LogP contribution in [0.4, 0.5) is 0 Å². The van der Waals surface area contributed by atoms with E-state index in [0.29, 0.717) is 42.4 Å². The number of rotatable bonds is 0. The molecular formula is C27H40O4. The van der Waals surface area contributed by atoms with Crippen molar-refractivity contribution in [2.75, 3.05) is 6.61 Å². The summed E-state index contributed by atoms with van der Waals surface area (Å²) in [5, 5.41) is 21.3. The Morgan fingerprint density at radius 3 is 2.55 bits per heavy atom. The lowest BCUT2D eigenvalue weighted by Gasteiger charge is -2.56. The molecule has 1 spiro atoms. The molecule has 2 heterocycles. The van der Waals surface area contributed by atoms with E-state index in [2.05, 4.69) is 39.8 Å². The highest BCUT2D eigenvalue weighted by atomic mass is 16.7. The minimum atomic E-state index is -0.461. The molecule has 2 saturated heterocycles. The summed E-state index contributed by atoms with van der Waals surface area (Å²) in [5.41, 5.74) is 2.82. The molecule has 4 heteroatoms. The minimum Gasteiger partial charge on any atom is -0.393 e. The van der Waals surface area contributed by atoms with Crippen LogP contribution in [-0.2, 0) is 9.47 Å². The van der Waals surface area contributed by atoms with Crippen molar-refractivity contribution < 1.29 is 19.7 Å². The Kier molecular flexibility index (Phi) is 4.50. The molecule has 0 bridgehead atoms. The zero-order valence-electron chi connectivity index (χ0n) is 19.6. The number of hydrogen-bond acceptors (Lipinski definition) is 4. The molecule has 0 unspecified atom stereocenters. The van der Waals surface area contributed by atoms with Gasteiger partial charge in [-0.2, -0.15) is 0 Å². The van der Waals surface area contributed by atoms with Crippen LogP contribution in [0.3, 0.4) is 0 Å². The molecule has 4 nitrogen and oxygen atoms in total. The molecule has 0 aromatic carbocycles. The smallest absolute Gasteiger partial charge is 0.171 e. The van der Waals surface area contributed by atoms with Crippen LogP contribution in [0.5, 0.6) is 0 Å². The summed E-state index contributed by atoms with van der Waals surface area (Å²) in [4.78, 5) is 0. The zero-order valence-corrected chi connectivity index (χ0v) is 19.6. The molecule has 6 rings (SSSR count). The largest absolute Gasteiger partial charge is 0.393 e. The van der Waals surface area contributed by atoms with Gasteiger partial charge in [-0.3, -0.25) is 0 Å². The van der Waals surface area contributed by atoms with E-state index in [1.807, 2.05) is 0 Å². The highest BCUT2D eigenvalue weighted by Crippen LogP contribution is 2.69. The summed E-state index contributed by atoms with van der Waals surface area (Å²) in [6.45, 7) is 10.3. The van der Waals surface area contributed by atoms with Crippen LogP contribution in [0.15, 0.2) is 23.3 Å². The van der Waals surface area contributed by atoms with Gasteiger partial charge < -0.3 is 19.7 Å². The highest BCUT2D eigenvalue weighted by molar-refractivity contribution is 5.40. The first-order valence-corrected chi connectivity index (χ1v) is 12.8. The van der Waals surface area contributed by atoms with Gasteiger partial charge in [0.2, 0.25) is 0 Å². The summed E-state index contributed by atoms with van der Waals surface area (Å²) in [6, 6.07) is 0. The van der Waals surface area contributed by atoms with E-state index in [1.165, 1.54) is 18.4 Å². The molecule has 11 atom stereocenters. The standard InChI is InChI=1S/C27H40O4/c1-15-7-10-27(30-14-15)16(2)24-22(31-27)13-21-19-6-5-17-11-18(28)12-23(29)26(17,4)20(19)8-9-25(21,24)3/h5-6,15-16,18,20-24,28-29H,7-14H2,1-4H3/t15-,16+,18+,20+,21+,22+,23+,24+,25+,26+,27-/m1/s1. The maximum atomic E-state index is 11.1. The second kappa shape index (κ2) is 6.68.